The van der Waals surface area contributed by atoms with Gasteiger partial charge in [-0.05, 0) is 36.9 Å². The van der Waals surface area contributed by atoms with Crippen molar-refractivity contribution in [1.82, 2.24) is 4.98 Å². The van der Waals surface area contributed by atoms with Crippen LogP contribution >= 0.6 is 11.3 Å². The van der Waals surface area contributed by atoms with Gasteiger partial charge < -0.3 is 0 Å². The third kappa shape index (κ3) is 2.76. The molecule has 0 fully saturated rings. The molecule has 0 spiro atoms. The number of rotatable bonds is 4. The molecule has 2 rings (SSSR count). The maximum Gasteiger partial charge on any atom is 0.181 e. The van der Waals surface area contributed by atoms with Crippen molar-refractivity contribution in [3.05, 3.63) is 52.0 Å². The fourth-order valence-electron chi connectivity index (χ4n) is 1.52. The zero-order valence-electron chi connectivity index (χ0n) is 9.14. The summed E-state index contributed by atoms with van der Waals surface area (Å²) in [7, 11) is 0. The summed E-state index contributed by atoms with van der Waals surface area (Å²) in [6.07, 6.45) is 1.35. The summed E-state index contributed by atoms with van der Waals surface area (Å²) in [6, 6.07) is 9.62. The number of Topliss-reactive ketones (excluding diaryl/α,β-unsaturated/α-hetero) is 1. The first-order valence-corrected chi connectivity index (χ1v) is 6.13. The summed E-state index contributed by atoms with van der Waals surface area (Å²) in [6.45, 7) is 1.90. The van der Waals surface area contributed by atoms with Gasteiger partial charge in [0, 0.05) is 17.0 Å². The van der Waals surface area contributed by atoms with E-state index in [0.717, 1.165) is 12.1 Å². The van der Waals surface area contributed by atoms with Crippen LogP contribution in [-0.2, 0) is 6.42 Å². The summed E-state index contributed by atoms with van der Waals surface area (Å²) in [5.74, 6) is 0.122. The highest BCUT2D eigenvalue weighted by Gasteiger charge is 2.07. The first-order valence-electron chi connectivity index (χ1n) is 5.25. The van der Waals surface area contributed by atoms with E-state index in [1.54, 1.807) is 17.4 Å². The van der Waals surface area contributed by atoms with E-state index in [9.17, 15) is 4.79 Å². The third-order valence-electron chi connectivity index (χ3n) is 2.35. The second kappa shape index (κ2) is 5.03. The van der Waals surface area contributed by atoms with Gasteiger partial charge in [-0.1, -0.05) is 12.1 Å². The summed E-state index contributed by atoms with van der Waals surface area (Å²) in [5, 5.41) is 2.03. The van der Waals surface area contributed by atoms with Crippen LogP contribution in [0.3, 0.4) is 0 Å². The fraction of sp³-hybridized carbons (Fsp3) is 0.231. The number of hydrogen-bond donors (Lipinski definition) is 0. The SMILES string of the molecule is Cc1cccc(C(=O)CCc2cccs2)n1. The molecule has 0 atom stereocenters. The molecule has 0 bridgehead atoms. The van der Waals surface area contributed by atoms with Crippen molar-refractivity contribution in [2.45, 2.75) is 19.8 Å². The highest BCUT2D eigenvalue weighted by molar-refractivity contribution is 7.09. The fourth-order valence-corrected chi connectivity index (χ4v) is 2.23. The van der Waals surface area contributed by atoms with Crippen LogP contribution in [0.25, 0.3) is 0 Å². The number of ketones is 1. The highest BCUT2D eigenvalue weighted by Crippen LogP contribution is 2.12. The van der Waals surface area contributed by atoms with Crippen molar-refractivity contribution >= 4 is 17.1 Å². The number of aromatic nitrogens is 1. The smallest absolute Gasteiger partial charge is 0.181 e. The molecular weight excluding hydrogens is 218 g/mol. The van der Waals surface area contributed by atoms with Gasteiger partial charge in [0.15, 0.2) is 5.78 Å². The number of carbonyl (C=O) groups is 1. The van der Waals surface area contributed by atoms with Crippen LogP contribution in [0, 0.1) is 6.92 Å². The molecule has 0 unspecified atom stereocenters. The molecule has 2 heterocycles. The molecule has 0 aliphatic heterocycles. The molecule has 0 N–H and O–H groups in total. The van der Waals surface area contributed by atoms with E-state index >= 15 is 0 Å². The topological polar surface area (TPSA) is 30.0 Å². The van der Waals surface area contributed by atoms with Gasteiger partial charge in [-0.15, -0.1) is 11.3 Å². The van der Waals surface area contributed by atoms with Crippen LogP contribution in [0.5, 0.6) is 0 Å². The van der Waals surface area contributed by atoms with Crippen LogP contribution in [0.1, 0.15) is 27.5 Å². The van der Waals surface area contributed by atoms with Gasteiger partial charge in [-0.2, -0.15) is 0 Å². The van der Waals surface area contributed by atoms with Gasteiger partial charge in [0.1, 0.15) is 5.69 Å². The lowest BCUT2D eigenvalue weighted by molar-refractivity contribution is 0.0978. The zero-order chi connectivity index (χ0) is 11.4. The van der Waals surface area contributed by atoms with E-state index < -0.39 is 0 Å². The largest absolute Gasteiger partial charge is 0.292 e. The Hall–Kier alpha value is -1.48. The average Bonchev–Trinajstić information content (AvgIpc) is 2.78. The molecule has 2 aromatic heterocycles. The van der Waals surface area contributed by atoms with Gasteiger partial charge in [-0.3, -0.25) is 9.78 Å². The monoisotopic (exact) mass is 231 g/mol. The Bertz CT molecular complexity index is 476. The molecule has 2 aromatic rings. The van der Waals surface area contributed by atoms with Gasteiger partial charge in [0.2, 0.25) is 0 Å². The first-order chi connectivity index (χ1) is 7.75. The minimum absolute atomic E-state index is 0.122. The number of thiophene rings is 1. The van der Waals surface area contributed by atoms with Crippen molar-refractivity contribution in [1.29, 1.82) is 0 Å². The maximum atomic E-state index is 11.8. The van der Waals surface area contributed by atoms with Gasteiger partial charge in [0.05, 0.1) is 0 Å². The summed E-state index contributed by atoms with van der Waals surface area (Å²) in [4.78, 5) is 17.3. The number of pyridine rings is 1. The van der Waals surface area contributed by atoms with E-state index in [-0.39, 0.29) is 5.78 Å². The second-order valence-corrected chi connectivity index (χ2v) is 4.70. The Morgan fingerprint density at radius 1 is 1.31 bits per heavy atom. The molecule has 0 saturated carbocycles. The molecule has 0 aromatic carbocycles. The second-order valence-electron chi connectivity index (χ2n) is 3.67. The lowest BCUT2D eigenvalue weighted by Gasteiger charge is -2.00. The predicted molar refractivity (Wildman–Crippen MR) is 65.9 cm³/mol. The van der Waals surface area contributed by atoms with Crippen LogP contribution in [0.2, 0.25) is 0 Å². The van der Waals surface area contributed by atoms with E-state index in [0.29, 0.717) is 12.1 Å². The molecule has 82 valence electrons. The third-order valence-corrected chi connectivity index (χ3v) is 3.29. The van der Waals surface area contributed by atoms with Crippen molar-refractivity contribution in [3.63, 3.8) is 0 Å². The zero-order valence-corrected chi connectivity index (χ0v) is 9.96. The highest BCUT2D eigenvalue weighted by atomic mass is 32.1. The van der Waals surface area contributed by atoms with Crippen LogP contribution < -0.4 is 0 Å². The number of hydrogen-bond acceptors (Lipinski definition) is 3. The number of carbonyl (C=O) groups excluding carboxylic acids is 1. The Kier molecular flexibility index (Phi) is 3.47. The summed E-state index contributed by atoms with van der Waals surface area (Å²) in [5.41, 5.74) is 1.47. The van der Waals surface area contributed by atoms with Crippen molar-refractivity contribution in [2.75, 3.05) is 0 Å². The quantitative estimate of drug-likeness (QED) is 0.756. The normalized spacial score (nSPS) is 10.3. The maximum absolute atomic E-state index is 11.8. The van der Waals surface area contributed by atoms with Crippen LogP contribution in [0.15, 0.2) is 35.7 Å². The molecule has 2 nitrogen and oxygen atoms in total. The molecular formula is C13H13NOS. The predicted octanol–water partition coefficient (Wildman–Crippen LogP) is 3.27. The van der Waals surface area contributed by atoms with Crippen LogP contribution in [0.4, 0.5) is 0 Å². The lowest BCUT2D eigenvalue weighted by atomic mass is 10.1. The molecule has 0 aliphatic carbocycles. The van der Waals surface area contributed by atoms with Crippen LogP contribution in [-0.4, -0.2) is 10.8 Å². The lowest BCUT2D eigenvalue weighted by Crippen LogP contribution is -2.03. The number of aryl methyl sites for hydroxylation is 2. The average molecular weight is 231 g/mol. The van der Waals surface area contributed by atoms with Crippen molar-refractivity contribution < 1.29 is 4.79 Å². The van der Waals surface area contributed by atoms with Crippen molar-refractivity contribution in [2.24, 2.45) is 0 Å². The molecule has 0 saturated heterocycles. The van der Waals surface area contributed by atoms with Gasteiger partial charge in [-0.25, -0.2) is 0 Å². The summed E-state index contributed by atoms with van der Waals surface area (Å²) < 4.78 is 0. The van der Waals surface area contributed by atoms with Gasteiger partial charge in [0.25, 0.3) is 0 Å². The molecule has 3 heteroatoms. The molecule has 0 radical (unpaired) electrons. The number of nitrogens with zero attached hydrogens (tertiary/aromatic N) is 1. The molecule has 0 amide bonds. The van der Waals surface area contributed by atoms with E-state index in [1.807, 2.05) is 30.5 Å². The minimum Gasteiger partial charge on any atom is -0.292 e. The Morgan fingerprint density at radius 3 is 2.88 bits per heavy atom. The van der Waals surface area contributed by atoms with Crippen molar-refractivity contribution in [3.8, 4) is 0 Å². The first kappa shape index (κ1) is 11.0. The molecule has 16 heavy (non-hydrogen) atoms. The van der Waals surface area contributed by atoms with Gasteiger partial charge >= 0.3 is 0 Å². The van der Waals surface area contributed by atoms with E-state index in [4.69, 9.17) is 0 Å². The molecule has 0 aliphatic rings. The Labute approximate surface area is 99.0 Å². The van der Waals surface area contributed by atoms with E-state index in [2.05, 4.69) is 11.1 Å². The van der Waals surface area contributed by atoms with E-state index in [1.165, 1.54) is 4.88 Å². The Morgan fingerprint density at radius 2 is 2.19 bits per heavy atom. The summed E-state index contributed by atoms with van der Waals surface area (Å²) >= 11 is 1.69. The Balaban J connectivity index is 1.98. The standard InChI is InChI=1S/C13H13NOS/c1-10-4-2-6-12(14-10)13(15)8-7-11-5-3-9-16-11/h2-6,9H,7-8H2,1H3. The minimum atomic E-state index is 0.122.